The lowest BCUT2D eigenvalue weighted by molar-refractivity contribution is 0.112. The molecule has 0 radical (unpaired) electrons. The van der Waals surface area contributed by atoms with Crippen LogP contribution in [-0.2, 0) is 0 Å². The summed E-state index contributed by atoms with van der Waals surface area (Å²) in [5, 5.41) is 2.25. The van der Waals surface area contributed by atoms with Crippen molar-refractivity contribution in [1.82, 2.24) is 4.98 Å². The highest BCUT2D eigenvalue weighted by Gasteiger charge is 2.09. The van der Waals surface area contributed by atoms with Gasteiger partial charge in [-0.2, -0.15) is 0 Å². The maximum absolute atomic E-state index is 11.3. The van der Waals surface area contributed by atoms with E-state index in [2.05, 4.69) is 4.98 Å². The van der Waals surface area contributed by atoms with Gasteiger partial charge >= 0.3 is 0 Å². The standard InChI is InChI=1S/C17H12ClNO2S/c1-21-14-5-2-11-8-12(10-20)17(19-16(11)9-14)22-15-6-3-13(18)4-7-15/h2-10H,1H3. The van der Waals surface area contributed by atoms with Crippen molar-refractivity contribution in [2.45, 2.75) is 9.92 Å². The Kier molecular flexibility index (Phi) is 4.32. The van der Waals surface area contributed by atoms with Gasteiger partial charge in [-0.25, -0.2) is 4.98 Å². The molecule has 0 N–H and O–H groups in total. The van der Waals surface area contributed by atoms with Crippen molar-refractivity contribution < 1.29 is 9.53 Å². The summed E-state index contributed by atoms with van der Waals surface area (Å²) in [6.07, 6.45) is 0.828. The summed E-state index contributed by atoms with van der Waals surface area (Å²) < 4.78 is 5.22. The number of hydrogen-bond acceptors (Lipinski definition) is 4. The first kappa shape index (κ1) is 14.9. The molecular weight excluding hydrogens is 318 g/mol. The maximum Gasteiger partial charge on any atom is 0.152 e. The van der Waals surface area contributed by atoms with Gasteiger partial charge in [0.1, 0.15) is 10.8 Å². The molecule has 0 aliphatic heterocycles. The fourth-order valence-corrected chi connectivity index (χ4v) is 3.04. The molecule has 0 amide bonds. The zero-order valence-corrected chi connectivity index (χ0v) is 13.3. The maximum atomic E-state index is 11.3. The van der Waals surface area contributed by atoms with Gasteiger partial charge < -0.3 is 4.74 Å². The number of carbonyl (C=O) groups excluding carboxylic acids is 1. The zero-order valence-electron chi connectivity index (χ0n) is 11.7. The average molecular weight is 330 g/mol. The van der Waals surface area contributed by atoms with Crippen molar-refractivity contribution in [2.75, 3.05) is 7.11 Å². The van der Waals surface area contributed by atoms with Crippen molar-refractivity contribution in [3.8, 4) is 5.75 Å². The van der Waals surface area contributed by atoms with E-state index in [1.807, 2.05) is 48.5 Å². The van der Waals surface area contributed by atoms with Gasteiger partial charge in [0.05, 0.1) is 12.6 Å². The SMILES string of the molecule is COc1ccc2cc(C=O)c(Sc3ccc(Cl)cc3)nc2c1. The van der Waals surface area contributed by atoms with Crippen molar-refractivity contribution in [1.29, 1.82) is 0 Å². The molecule has 1 heterocycles. The van der Waals surface area contributed by atoms with Gasteiger partial charge in [0.15, 0.2) is 6.29 Å². The van der Waals surface area contributed by atoms with Crippen LogP contribution in [0.4, 0.5) is 0 Å². The fraction of sp³-hybridized carbons (Fsp3) is 0.0588. The molecule has 1 aromatic heterocycles. The monoisotopic (exact) mass is 329 g/mol. The van der Waals surface area contributed by atoms with Crippen LogP contribution in [0.2, 0.25) is 5.02 Å². The number of benzene rings is 2. The summed E-state index contributed by atoms with van der Waals surface area (Å²) in [5.41, 5.74) is 1.36. The van der Waals surface area contributed by atoms with Crippen LogP contribution >= 0.6 is 23.4 Å². The predicted molar refractivity (Wildman–Crippen MR) is 89.3 cm³/mol. The largest absolute Gasteiger partial charge is 0.497 e. The summed E-state index contributed by atoms with van der Waals surface area (Å²) in [4.78, 5) is 16.9. The van der Waals surface area contributed by atoms with Gasteiger partial charge in [-0.3, -0.25) is 4.79 Å². The number of methoxy groups -OCH3 is 1. The smallest absolute Gasteiger partial charge is 0.152 e. The Morgan fingerprint density at radius 2 is 1.91 bits per heavy atom. The first-order chi connectivity index (χ1) is 10.7. The highest BCUT2D eigenvalue weighted by molar-refractivity contribution is 7.99. The topological polar surface area (TPSA) is 39.2 Å². The molecule has 0 bridgehead atoms. The van der Waals surface area contributed by atoms with Crippen LogP contribution in [0.1, 0.15) is 10.4 Å². The number of nitrogens with zero attached hydrogens (tertiary/aromatic N) is 1. The molecule has 0 unspecified atom stereocenters. The quantitative estimate of drug-likeness (QED) is 0.641. The molecule has 3 rings (SSSR count). The third kappa shape index (κ3) is 3.08. The number of ether oxygens (including phenoxy) is 1. The Bertz CT molecular complexity index is 834. The Morgan fingerprint density at radius 1 is 1.14 bits per heavy atom. The molecule has 22 heavy (non-hydrogen) atoms. The number of halogens is 1. The van der Waals surface area contributed by atoms with Crippen molar-refractivity contribution in [3.05, 3.63) is 59.1 Å². The van der Waals surface area contributed by atoms with E-state index < -0.39 is 0 Å². The molecule has 3 aromatic rings. The van der Waals surface area contributed by atoms with Crippen molar-refractivity contribution in [2.24, 2.45) is 0 Å². The van der Waals surface area contributed by atoms with Crippen LogP contribution in [0.25, 0.3) is 10.9 Å². The van der Waals surface area contributed by atoms with Crippen molar-refractivity contribution >= 4 is 40.6 Å². The molecule has 0 fully saturated rings. The van der Waals surface area contributed by atoms with Crippen LogP contribution in [-0.4, -0.2) is 18.4 Å². The van der Waals surface area contributed by atoms with E-state index in [9.17, 15) is 4.79 Å². The van der Waals surface area contributed by atoms with Crippen LogP contribution in [0.5, 0.6) is 5.75 Å². The molecule has 0 spiro atoms. The summed E-state index contributed by atoms with van der Waals surface area (Å²) >= 11 is 7.32. The molecule has 2 aromatic carbocycles. The number of rotatable bonds is 4. The molecule has 0 saturated carbocycles. The molecule has 0 atom stereocenters. The molecule has 3 nitrogen and oxygen atoms in total. The molecule has 0 aliphatic rings. The number of carbonyl (C=O) groups is 1. The second kappa shape index (κ2) is 6.38. The number of pyridine rings is 1. The van der Waals surface area contributed by atoms with Crippen LogP contribution < -0.4 is 4.74 Å². The second-order valence-electron chi connectivity index (χ2n) is 4.62. The highest BCUT2D eigenvalue weighted by Crippen LogP contribution is 2.32. The first-order valence-corrected chi connectivity index (χ1v) is 7.76. The van der Waals surface area contributed by atoms with Gasteiger partial charge in [0.2, 0.25) is 0 Å². The number of fused-ring (bicyclic) bond motifs is 1. The molecule has 5 heteroatoms. The van der Waals surface area contributed by atoms with Gasteiger partial charge in [0, 0.05) is 26.9 Å². The summed E-state index contributed by atoms with van der Waals surface area (Å²) in [6.45, 7) is 0. The van der Waals surface area contributed by atoms with Gasteiger partial charge in [-0.1, -0.05) is 23.4 Å². The fourth-order valence-electron chi connectivity index (χ4n) is 2.05. The van der Waals surface area contributed by atoms with E-state index in [4.69, 9.17) is 16.3 Å². The number of aldehydes is 1. The van der Waals surface area contributed by atoms with Crippen molar-refractivity contribution in [3.63, 3.8) is 0 Å². The lowest BCUT2D eigenvalue weighted by atomic mass is 10.1. The van der Waals surface area contributed by atoms with Gasteiger partial charge in [-0.05, 0) is 42.5 Å². The van der Waals surface area contributed by atoms with E-state index in [1.54, 1.807) is 7.11 Å². The second-order valence-corrected chi connectivity index (χ2v) is 6.11. The van der Waals surface area contributed by atoms with Crippen LogP contribution in [0.15, 0.2) is 58.5 Å². The Balaban J connectivity index is 2.06. The minimum absolute atomic E-state index is 0.567. The Morgan fingerprint density at radius 3 is 2.59 bits per heavy atom. The minimum atomic E-state index is 0.567. The molecule has 0 saturated heterocycles. The minimum Gasteiger partial charge on any atom is -0.497 e. The van der Waals surface area contributed by atoms with E-state index in [-0.39, 0.29) is 0 Å². The third-order valence-corrected chi connectivity index (χ3v) is 4.45. The van der Waals surface area contributed by atoms with Gasteiger partial charge in [0.25, 0.3) is 0 Å². The molecule has 0 aliphatic carbocycles. The zero-order chi connectivity index (χ0) is 15.5. The summed E-state index contributed by atoms with van der Waals surface area (Å²) in [7, 11) is 1.62. The number of aromatic nitrogens is 1. The lowest BCUT2D eigenvalue weighted by Gasteiger charge is -2.08. The molecular formula is C17H12ClNO2S. The third-order valence-electron chi connectivity index (χ3n) is 3.17. The predicted octanol–water partition coefficient (Wildman–Crippen LogP) is 4.86. The van der Waals surface area contributed by atoms with Crippen LogP contribution in [0, 0.1) is 0 Å². The lowest BCUT2D eigenvalue weighted by Crippen LogP contribution is -1.92. The summed E-state index contributed by atoms with van der Waals surface area (Å²) in [5.74, 6) is 0.737. The van der Waals surface area contributed by atoms with E-state index in [0.29, 0.717) is 15.6 Å². The molecule has 110 valence electrons. The van der Waals surface area contributed by atoms with E-state index >= 15 is 0 Å². The first-order valence-electron chi connectivity index (χ1n) is 6.57. The highest BCUT2D eigenvalue weighted by atomic mass is 35.5. The Hall–Kier alpha value is -2.04. The van der Waals surface area contributed by atoms with E-state index in [0.717, 1.165) is 27.8 Å². The number of hydrogen-bond donors (Lipinski definition) is 0. The van der Waals surface area contributed by atoms with Gasteiger partial charge in [-0.15, -0.1) is 0 Å². The normalized spacial score (nSPS) is 10.6. The Labute approximate surface area is 137 Å². The van der Waals surface area contributed by atoms with E-state index in [1.165, 1.54) is 11.8 Å². The summed E-state index contributed by atoms with van der Waals surface area (Å²) in [6, 6.07) is 14.9. The average Bonchev–Trinajstić information content (AvgIpc) is 2.55. The van der Waals surface area contributed by atoms with Crippen LogP contribution in [0.3, 0.4) is 0 Å².